The van der Waals surface area contributed by atoms with Gasteiger partial charge >= 0.3 is 0 Å². The number of hydrogen-bond acceptors (Lipinski definition) is 7. The molecule has 2 aliphatic heterocycles. The maximum atomic E-state index is 12.3. The van der Waals surface area contributed by atoms with Crippen LogP contribution in [0.15, 0.2) is 72.3 Å². The lowest BCUT2D eigenvalue weighted by atomic mass is 10.0. The lowest BCUT2D eigenvalue weighted by molar-refractivity contribution is 0.0503. The number of benzene rings is 2. The Bertz CT molecular complexity index is 1380. The van der Waals surface area contributed by atoms with Crippen LogP contribution in [-0.2, 0) is 29.1 Å². The molecule has 8 nitrogen and oxygen atoms in total. The number of hydrogen-bond donors (Lipinski definition) is 0. The van der Waals surface area contributed by atoms with E-state index in [-0.39, 0.29) is 19.0 Å². The molecule has 3 heterocycles. The minimum atomic E-state index is -0.0669. The van der Waals surface area contributed by atoms with Crippen molar-refractivity contribution in [1.29, 1.82) is 0 Å². The van der Waals surface area contributed by atoms with Gasteiger partial charge in [-0.25, -0.2) is 4.98 Å². The number of ether oxygens (including phenoxy) is 4. The van der Waals surface area contributed by atoms with E-state index in [2.05, 4.69) is 40.7 Å². The van der Waals surface area contributed by atoms with Crippen LogP contribution in [0.1, 0.15) is 41.5 Å². The van der Waals surface area contributed by atoms with Gasteiger partial charge in [-0.3, -0.25) is 9.69 Å². The molecule has 2 unspecified atom stereocenters. The van der Waals surface area contributed by atoms with E-state index in [0.717, 1.165) is 65.4 Å². The molecule has 3 aromatic rings. The highest BCUT2D eigenvalue weighted by atomic mass is 16.7. The first-order chi connectivity index (χ1) is 19.2. The number of carbonyl (C=O) groups excluding carboxylic acids is 1. The van der Waals surface area contributed by atoms with E-state index in [9.17, 15) is 4.79 Å². The zero-order chi connectivity index (χ0) is 26.6. The molecule has 1 aliphatic carbocycles. The van der Waals surface area contributed by atoms with Crippen LogP contribution in [0.3, 0.4) is 0 Å². The van der Waals surface area contributed by atoms with Crippen LogP contribution in [-0.4, -0.2) is 53.1 Å². The summed E-state index contributed by atoms with van der Waals surface area (Å²) < 4.78 is 24.8. The van der Waals surface area contributed by atoms with Crippen molar-refractivity contribution in [2.75, 3.05) is 20.1 Å². The van der Waals surface area contributed by atoms with Crippen molar-refractivity contribution in [1.82, 2.24) is 14.5 Å². The van der Waals surface area contributed by atoms with Gasteiger partial charge in [0.1, 0.15) is 30.5 Å². The van der Waals surface area contributed by atoms with Crippen molar-refractivity contribution in [2.45, 2.75) is 51.6 Å². The van der Waals surface area contributed by atoms with Crippen LogP contribution in [0.4, 0.5) is 0 Å². The summed E-state index contributed by atoms with van der Waals surface area (Å²) in [6.45, 7) is 5.42. The number of aldehydes is 1. The second-order valence-electron chi connectivity index (χ2n) is 10.1. The molecule has 202 valence electrons. The largest absolute Gasteiger partial charge is 0.454 e. The highest BCUT2D eigenvalue weighted by Crippen LogP contribution is 2.33. The van der Waals surface area contributed by atoms with Crippen LogP contribution in [0, 0.1) is 0 Å². The molecule has 0 saturated carbocycles. The number of imidazole rings is 1. The number of fused-ring (bicyclic) bond motifs is 2. The Morgan fingerprint density at radius 2 is 1.85 bits per heavy atom. The Balaban J connectivity index is 1.34. The van der Waals surface area contributed by atoms with Gasteiger partial charge in [0.2, 0.25) is 6.79 Å². The number of carbonyl (C=O) groups is 1. The van der Waals surface area contributed by atoms with Crippen molar-refractivity contribution >= 4 is 6.29 Å². The van der Waals surface area contributed by atoms with E-state index >= 15 is 0 Å². The first-order valence-corrected chi connectivity index (χ1v) is 13.5. The fourth-order valence-corrected chi connectivity index (χ4v) is 5.35. The third-order valence-corrected chi connectivity index (χ3v) is 7.33. The SMILES string of the molecule is CCCCn1c(-c2ccccc2)nc(C=O)c1CN(CC1=CC2OCOC2C=C1)Cc1ccc2c(c1)OCO2. The molecule has 0 bridgehead atoms. The van der Waals surface area contributed by atoms with Crippen molar-refractivity contribution in [2.24, 2.45) is 0 Å². The van der Waals surface area contributed by atoms with Gasteiger partial charge in [0, 0.05) is 31.7 Å². The van der Waals surface area contributed by atoms with Crippen LogP contribution in [0.25, 0.3) is 11.4 Å². The van der Waals surface area contributed by atoms with E-state index in [1.54, 1.807) is 0 Å². The van der Waals surface area contributed by atoms with Gasteiger partial charge in [-0.15, -0.1) is 0 Å². The fourth-order valence-electron chi connectivity index (χ4n) is 5.35. The summed E-state index contributed by atoms with van der Waals surface area (Å²) in [5.41, 5.74) is 4.68. The normalized spacial score (nSPS) is 19.4. The van der Waals surface area contributed by atoms with Crippen LogP contribution in [0.2, 0.25) is 0 Å². The van der Waals surface area contributed by atoms with E-state index in [1.165, 1.54) is 0 Å². The first kappa shape index (κ1) is 25.6. The second-order valence-corrected chi connectivity index (χ2v) is 10.1. The number of aromatic nitrogens is 2. The zero-order valence-corrected chi connectivity index (χ0v) is 22.1. The summed E-state index contributed by atoms with van der Waals surface area (Å²) in [7, 11) is 0. The molecule has 0 N–H and O–H groups in total. The van der Waals surface area contributed by atoms with E-state index < -0.39 is 0 Å². The van der Waals surface area contributed by atoms with Crippen molar-refractivity contribution in [3.63, 3.8) is 0 Å². The van der Waals surface area contributed by atoms with Gasteiger partial charge in [0.05, 0.1) is 5.69 Å². The van der Waals surface area contributed by atoms with Crippen LogP contribution in [0.5, 0.6) is 11.5 Å². The van der Waals surface area contributed by atoms with Gasteiger partial charge in [-0.1, -0.05) is 61.9 Å². The van der Waals surface area contributed by atoms with E-state index in [4.69, 9.17) is 23.9 Å². The lowest BCUT2D eigenvalue weighted by Crippen LogP contribution is -2.29. The van der Waals surface area contributed by atoms with Crippen molar-refractivity contribution < 1.29 is 23.7 Å². The Morgan fingerprint density at radius 3 is 2.69 bits per heavy atom. The Kier molecular flexibility index (Phi) is 7.58. The minimum Gasteiger partial charge on any atom is -0.454 e. The number of unbranched alkanes of at least 4 members (excludes halogenated alkanes) is 1. The molecule has 0 spiro atoms. The van der Waals surface area contributed by atoms with Gasteiger partial charge < -0.3 is 23.5 Å². The highest BCUT2D eigenvalue weighted by Gasteiger charge is 2.29. The molecule has 0 radical (unpaired) electrons. The second kappa shape index (κ2) is 11.6. The summed E-state index contributed by atoms with van der Waals surface area (Å²) in [5, 5.41) is 0. The van der Waals surface area contributed by atoms with Gasteiger partial charge in [0.25, 0.3) is 0 Å². The Morgan fingerprint density at radius 1 is 1.00 bits per heavy atom. The third-order valence-electron chi connectivity index (χ3n) is 7.33. The Hall–Kier alpha value is -3.72. The molecule has 8 heteroatoms. The minimum absolute atomic E-state index is 0.0263. The van der Waals surface area contributed by atoms with Crippen LogP contribution < -0.4 is 9.47 Å². The molecule has 1 saturated heterocycles. The number of rotatable bonds is 11. The van der Waals surface area contributed by atoms with E-state index in [0.29, 0.717) is 32.1 Å². The maximum Gasteiger partial charge on any atom is 0.231 e. The van der Waals surface area contributed by atoms with E-state index in [1.807, 2.05) is 42.5 Å². The summed E-state index contributed by atoms with van der Waals surface area (Å²) >= 11 is 0. The topological polar surface area (TPSA) is 75.1 Å². The quantitative estimate of drug-likeness (QED) is 0.320. The molecule has 39 heavy (non-hydrogen) atoms. The maximum absolute atomic E-state index is 12.3. The molecule has 0 amide bonds. The predicted molar refractivity (Wildman–Crippen MR) is 146 cm³/mol. The summed E-state index contributed by atoms with van der Waals surface area (Å²) in [5.74, 6) is 2.36. The highest BCUT2D eigenvalue weighted by molar-refractivity contribution is 5.76. The van der Waals surface area contributed by atoms with Crippen LogP contribution >= 0.6 is 0 Å². The van der Waals surface area contributed by atoms with Gasteiger partial charge in [0.15, 0.2) is 17.8 Å². The molecule has 3 aliphatic rings. The molecular weight excluding hydrogens is 494 g/mol. The van der Waals surface area contributed by atoms with Gasteiger partial charge in [-0.05, 0) is 35.8 Å². The molecule has 2 aromatic carbocycles. The summed E-state index contributed by atoms with van der Waals surface area (Å²) in [6.07, 6.45) is 9.17. The molecule has 2 atom stereocenters. The third kappa shape index (κ3) is 5.54. The summed E-state index contributed by atoms with van der Waals surface area (Å²) in [4.78, 5) is 19.5. The van der Waals surface area contributed by atoms with Gasteiger partial charge in [-0.2, -0.15) is 0 Å². The standard InChI is InChI=1S/C31H33N3O5/c1-2-3-13-34-26(25(19-35)32-31(34)24-7-5-4-6-8-24)18-33(16-22-9-11-27-29(14-22)38-20-36-27)17-23-10-12-28-30(15-23)39-21-37-28/h4-12,14-15,19,27,29H,2-3,13,16-18,20-21H2,1H3. The summed E-state index contributed by atoms with van der Waals surface area (Å²) in [6, 6.07) is 16.2. The molecule has 6 rings (SSSR count). The fraction of sp³-hybridized carbons (Fsp3) is 0.355. The zero-order valence-electron chi connectivity index (χ0n) is 22.1. The van der Waals surface area contributed by atoms with Crippen molar-refractivity contribution in [3.8, 4) is 22.9 Å². The smallest absolute Gasteiger partial charge is 0.231 e. The first-order valence-electron chi connectivity index (χ1n) is 13.5. The monoisotopic (exact) mass is 527 g/mol. The number of nitrogens with zero attached hydrogens (tertiary/aromatic N) is 3. The Labute approximate surface area is 228 Å². The predicted octanol–water partition coefficient (Wildman–Crippen LogP) is 5.13. The average Bonchev–Trinajstić information content (AvgIpc) is 3.70. The molecule has 1 fully saturated rings. The average molecular weight is 528 g/mol. The lowest BCUT2D eigenvalue weighted by Gasteiger charge is -2.26. The molecular formula is C31H33N3O5. The van der Waals surface area contributed by atoms with Crippen molar-refractivity contribution in [3.05, 3.63) is 89.3 Å². The molecule has 1 aromatic heterocycles.